The van der Waals surface area contributed by atoms with Crippen molar-refractivity contribution in [1.82, 2.24) is 4.98 Å². The minimum Gasteiger partial charge on any atom is -0.462 e. The summed E-state index contributed by atoms with van der Waals surface area (Å²) in [6.07, 6.45) is 2.29. The predicted molar refractivity (Wildman–Crippen MR) is 112 cm³/mol. The van der Waals surface area contributed by atoms with E-state index in [1.54, 1.807) is 19.2 Å². The molecule has 1 aromatic carbocycles. The Morgan fingerprint density at radius 3 is 2.59 bits per heavy atom. The van der Waals surface area contributed by atoms with E-state index < -0.39 is 24.5 Å². The van der Waals surface area contributed by atoms with Crippen molar-refractivity contribution >= 4 is 45.1 Å². The number of fused-ring (bicyclic) bond motifs is 1. The summed E-state index contributed by atoms with van der Waals surface area (Å²) in [6, 6.07) is 7.33. The van der Waals surface area contributed by atoms with Gasteiger partial charge in [0.2, 0.25) is 0 Å². The molecule has 0 fully saturated rings. The lowest BCUT2D eigenvalue weighted by atomic mass is 10.1. The Morgan fingerprint density at radius 2 is 1.86 bits per heavy atom. The van der Waals surface area contributed by atoms with Gasteiger partial charge in [0, 0.05) is 22.0 Å². The second-order valence-corrected chi connectivity index (χ2v) is 7.41. The molecule has 0 saturated heterocycles. The van der Waals surface area contributed by atoms with Gasteiger partial charge in [0.15, 0.2) is 6.61 Å². The number of esters is 2. The lowest BCUT2D eigenvalue weighted by molar-refractivity contribution is -0.119. The van der Waals surface area contributed by atoms with Gasteiger partial charge in [0.25, 0.3) is 5.91 Å². The number of thiophene rings is 1. The van der Waals surface area contributed by atoms with Crippen molar-refractivity contribution in [2.75, 3.05) is 18.5 Å². The Labute approximate surface area is 172 Å². The molecule has 2 N–H and O–H groups in total. The van der Waals surface area contributed by atoms with Crippen LogP contribution in [-0.4, -0.2) is 36.0 Å². The predicted octanol–water partition coefficient (Wildman–Crippen LogP) is 4.07. The Bertz CT molecular complexity index is 1070. The van der Waals surface area contributed by atoms with Crippen molar-refractivity contribution < 1.29 is 23.9 Å². The van der Waals surface area contributed by atoms with E-state index in [0.717, 1.165) is 27.8 Å². The zero-order chi connectivity index (χ0) is 21.0. The summed E-state index contributed by atoms with van der Waals surface area (Å²) in [5.41, 5.74) is 2.32. The third kappa shape index (κ3) is 4.32. The molecule has 0 atom stereocenters. The summed E-state index contributed by atoms with van der Waals surface area (Å²) in [7, 11) is 0. The molecule has 3 aromatic rings. The van der Waals surface area contributed by atoms with Crippen LogP contribution >= 0.6 is 11.3 Å². The van der Waals surface area contributed by atoms with Gasteiger partial charge in [0.1, 0.15) is 5.00 Å². The fourth-order valence-corrected chi connectivity index (χ4v) is 4.20. The van der Waals surface area contributed by atoms with E-state index >= 15 is 0 Å². The van der Waals surface area contributed by atoms with Gasteiger partial charge in [-0.2, -0.15) is 0 Å². The molecule has 0 aliphatic carbocycles. The van der Waals surface area contributed by atoms with Gasteiger partial charge >= 0.3 is 11.9 Å². The van der Waals surface area contributed by atoms with Crippen LogP contribution in [0.1, 0.15) is 45.0 Å². The molecule has 3 rings (SSSR count). The molecule has 0 saturated carbocycles. The first-order chi connectivity index (χ1) is 14.0. The van der Waals surface area contributed by atoms with E-state index in [9.17, 15) is 14.4 Å². The topological polar surface area (TPSA) is 97.5 Å². The first-order valence-corrected chi connectivity index (χ1v) is 10.1. The van der Waals surface area contributed by atoms with Gasteiger partial charge in [-0.15, -0.1) is 11.3 Å². The average Bonchev–Trinajstić information content (AvgIpc) is 3.27. The lowest BCUT2D eigenvalue weighted by Crippen LogP contribution is -2.21. The van der Waals surface area contributed by atoms with E-state index in [1.165, 1.54) is 11.3 Å². The first-order valence-electron chi connectivity index (χ1n) is 9.28. The minimum atomic E-state index is -0.597. The van der Waals surface area contributed by atoms with Gasteiger partial charge in [0.05, 0.1) is 17.7 Å². The largest absolute Gasteiger partial charge is 0.462 e. The number of amides is 1. The quantitative estimate of drug-likeness (QED) is 0.568. The summed E-state index contributed by atoms with van der Waals surface area (Å²) < 4.78 is 10.3. The van der Waals surface area contributed by atoms with Crippen LogP contribution in [0.3, 0.4) is 0 Å². The number of nitrogens with one attached hydrogen (secondary N) is 2. The van der Waals surface area contributed by atoms with Gasteiger partial charge in [-0.25, -0.2) is 9.59 Å². The lowest BCUT2D eigenvalue weighted by Gasteiger charge is -2.08. The van der Waals surface area contributed by atoms with Gasteiger partial charge in [-0.3, -0.25) is 4.79 Å². The molecule has 152 valence electrons. The van der Waals surface area contributed by atoms with Crippen molar-refractivity contribution in [3.63, 3.8) is 0 Å². The number of ether oxygens (including phenoxy) is 2. The minimum absolute atomic E-state index is 0.241. The molecule has 8 heteroatoms. The van der Waals surface area contributed by atoms with Crippen LogP contribution in [-0.2, 0) is 20.7 Å². The number of carbonyl (C=O) groups excluding carboxylic acids is 3. The van der Waals surface area contributed by atoms with Crippen molar-refractivity contribution in [1.29, 1.82) is 0 Å². The van der Waals surface area contributed by atoms with Crippen LogP contribution in [0, 0.1) is 6.92 Å². The molecule has 0 spiro atoms. The molecule has 0 aliphatic rings. The maximum absolute atomic E-state index is 12.4. The van der Waals surface area contributed by atoms with Crippen LogP contribution in [0.15, 0.2) is 30.5 Å². The Balaban J connectivity index is 1.69. The summed E-state index contributed by atoms with van der Waals surface area (Å²) in [5.74, 6) is -1.60. The van der Waals surface area contributed by atoms with Gasteiger partial charge < -0.3 is 19.8 Å². The van der Waals surface area contributed by atoms with Crippen molar-refractivity contribution in [2.45, 2.75) is 27.2 Å². The van der Waals surface area contributed by atoms with Crippen LogP contribution < -0.4 is 5.32 Å². The molecule has 1 amide bonds. The van der Waals surface area contributed by atoms with E-state index in [1.807, 2.05) is 32.0 Å². The number of benzene rings is 1. The summed E-state index contributed by atoms with van der Waals surface area (Å²) in [4.78, 5) is 41.0. The molecular weight excluding hydrogens is 392 g/mol. The number of para-hydroxylation sites is 1. The van der Waals surface area contributed by atoms with Crippen molar-refractivity contribution in [2.24, 2.45) is 0 Å². The normalized spacial score (nSPS) is 10.7. The number of hydrogen-bond donors (Lipinski definition) is 2. The summed E-state index contributed by atoms with van der Waals surface area (Å²) >= 11 is 1.32. The number of rotatable bonds is 7. The summed E-state index contributed by atoms with van der Waals surface area (Å²) in [5, 5.41) is 3.81. The SMILES string of the molecule is CCOC(=O)c1c(NC(=O)COC(=O)c2c[nH]c3ccccc23)sc(CC)c1C. The van der Waals surface area contributed by atoms with Crippen LogP contribution in [0.5, 0.6) is 0 Å². The van der Waals surface area contributed by atoms with Crippen LogP contribution in [0.2, 0.25) is 0 Å². The molecular formula is C21H22N2O5S. The second kappa shape index (κ2) is 8.91. The highest BCUT2D eigenvalue weighted by molar-refractivity contribution is 7.17. The zero-order valence-corrected chi connectivity index (χ0v) is 17.3. The Morgan fingerprint density at radius 1 is 1.10 bits per heavy atom. The molecule has 0 bridgehead atoms. The third-order valence-corrected chi connectivity index (χ3v) is 5.79. The van der Waals surface area contributed by atoms with Crippen molar-refractivity contribution in [3.8, 4) is 0 Å². The number of hydrogen-bond acceptors (Lipinski definition) is 6. The highest BCUT2D eigenvalue weighted by Crippen LogP contribution is 2.34. The average molecular weight is 414 g/mol. The highest BCUT2D eigenvalue weighted by Gasteiger charge is 2.23. The van der Waals surface area contributed by atoms with E-state index in [2.05, 4.69) is 10.3 Å². The monoisotopic (exact) mass is 414 g/mol. The molecule has 0 aliphatic heterocycles. The molecule has 2 heterocycles. The van der Waals surface area contributed by atoms with E-state index in [0.29, 0.717) is 16.1 Å². The fraction of sp³-hybridized carbons (Fsp3) is 0.286. The maximum atomic E-state index is 12.4. The first kappa shape index (κ1) is 20.6. The van der Waals surface area contributed by atoms with Crippen LogP contribution in [0.4, 0.5) is 5.00 Å². The second-order valence-electron chi connectivity index (χ2n) is 6.30. The zero-order valence-electron chi connectivity index (χ0n) is 16.5. The smallest absolute Gasteiger partial charge is 0.341 e. The molecule has 29 heavy (non-hydrogen) atoms. The Kier molecular flexibility index (Phi) is 6.33. The van der Waals surface area contributed by atoms with E-state index in [4.69, 9.17) is 9.47 Å². The number of anilines is 1. The number of aryl methyl sites for hydroxylation is 1. The molecule has 0 radical (unpaired) electrons. The molecule has 2 aromatic heterocycles. The molecule has 0 unspecified atom stereocenters. The fourth-order valence-electron chi connectivity index (χ4n) is 3.05. The highest BCUT2D eigenvalue weighted by atomic mass is 32.1. The number of aromatic nitrogens is 1. The Hall–Kier alpha value is -3.13. The standard InChI is InChI=1S/C21H22N2O5S/c1-4-16-12(3)18(21(26)27-5-2)19(29-16)23-17(24)11-28-20(25)14-10-22-15-9-7-6-8-13(14)15/h6-10,22H,4-5,11H2,1-3H3,(H,23,24). The van der Waals surface area contributed by atoms with Gasteiger partial charge in [-0.1, -0.05) is 25.1 Å². The third-order valence-electron chi connectivity index (χ3n) is 4.44. The van der Waals surface area contributed by atoms with Crippen molar-refractivity contribution in [3.05, 3.63) is 52.0 Å². The van der Waals surface area contributed by atoms with E-state index in [-0.39, 0.29) is 6.61 Å². The van der Waals surface area contributed by atoms with Gasteiger partial charge in [-0.05, 0) is 31.9 Å². The van der Waals surface area contributed by atoms with Crippen LogP contribution in [0.25, 0.3) is 10.9 Å². The summed E-state index contributed by atoms with van der Waals surface area (Å²) in [6.45, 7) is 5.31. The maximum Gasteiger partial charge on any atom is 0.341 e. The number of H-pyrrole nitrogens is 1. The molecule has 7 nitrogen and oxygen atoms in total. The number of aromatic amines is 1. The number of carbonyl (C=O) groups is 3.